The Bertz CT molecular complexity index is 1500. The Hall–Kier alpha value is -4.85. The molecule has 172 valence electrons. The van der Waals surface area contributed by atoms with E-state index < -0.39 is 11.9 Å². The number of hydrogen-bond acceptors (Lipinski definition) is 7. The zero-order chi connectivity index (χ0) is 24.2. The molecular formula is C27H20N4O4. The molecule has 0 saturated heterocycles. The highest BCUT2D eigenvalue weighted by atomic mass is 16.5. The molecule has 0 bridgehead atoms. The molecule has 0 fully saturated rings. The molecule has 0 aliphatic rings. The number of esters is 2. The van der Waals surface area contributed by atoms with Crippen LogP contribution in [0.1, 0.15) is 26.3 Å². The van der Waals surface area contributed by atoms with Gasteiger partial charge in [0.15, 0.2) is 5.65 Å². The molecule has 0 atom stereocenters. The first-order chi connectivity index (χ1) is 17.1. The van der Waals surface area contributed by atoms with E-state index in [1.807, 2.05) is 42.5 Å². The number of hydrogen-bond donors (Lipinski definition) is 0. The normalized spacial score (nSPS) is 10.8. The van der Waals surface area contributed by atoms with Gasteiger partial charge < -0.3 is 9.47 Å². The lowest BCUT2D eigenvalue weighted by Gasteiger charge is -2.10. The second-order valence-electron chi connectivity index (χ2n) is 7.72. The van der Waals surface area contributed by atoms with Crippen molar-refractivity contribution >= 4 is 23.0 Å². The average Bonchev–Trinajstić information content (AvgIpc) is 3.31. The van der Waals surface area contributed by atoms with Crippen LogP contribution in [0.2, 0.25) is 0 Å². The van der Waals surface area contributed by atoms with E-state index in [9.17, 15) is 9.59 Å². The van der Waals surface area contributed by atoms with Crippen molar-refractivity contribution in [2.45, 2.75) is 6.54 Å². The third kappa shape index (κ3) is 4.63. The fraction of sp³-hybridized carbons (Fsp3) is 0.0741. The number of methoxy groups -OCH3 is 1. The van der Waals surface area contributed by atoms with Gasteiger partial charge in [0, 0.05) is 18.0 Å². The van der Waals surface area contributed by atoms with Gasteiger partial charge in [-0.1, -0.05) is 30.3 Å². The molecule has 0 saturated carbocycles. The second kappa shape index (κ2) is 9.56. The molecule has 0 spiro atoms. The summed E-state index contributed by atoms with van der Waals surface area (Å²) in [4.78, 5) is 33.8. The minimum atomic E-state index is -0.552. The van der Waals surface area contributed by atoms with Crippen molar-refractivity contribution in [3.05, 3.63) is 108 Å². The standard InChI is InChI=1S/C27H20N4O4/c1-34-26(32)20-7-9-21(10-8-20)35-27(33)22-15-24(19-5-3-2-4-6-19)30-25-23(22)16-29-31(25)17-18-11-13-28-14-12-18/h2-16H,17H2,1H3. The second-order valence-corrected chi connectivity index (χ2v) is 7.72. The highest BCUT2D eigenvalue weighted by Gasteiger charge is 2.20. The summed E-state index contributed by atoms with van der Waals surface area (Å²) in [5.41, 5.74) is 3.77. The molecule has 2 aromatic carbocycles. The summed E-state index contributed by atoms with van der Waals surface area (Å²) in [7, 11) is 1.31. The molecule has 8 heteroatoms. The molecule has 0 aliphatic carbocycles. The average molecular weight is 464 g/mol. The number of ether oxygens (including phenoxy) is 2. The van der Waals surface area contributed by atoms with Gasteiger partial charge in [-0.25, -0.2) is 19.3 Å². The summed E-state index contributed by atoms with van der Waals surface area (Å²) >= 11 is 0. The fourth-order valence-corrected chi connectivity index (χ4v) is 3.69. The maximum Gasteiger partial charge on any atom is 0.344 e. The first-order valence-corrected chi connectivity index (χ1v) is 10.8. The summed E-state index contributed by atoms with van der Waals surface area (Å²) in [6, 6.07) is 21.3. The molecule has 35 heavy (non-hydrogen) atoms. The SMILES string of the molecule is COC(=O)c1ccc(OC(=O)c2cc(-c3ccccc3)nc3c2cnn3Cc2ccncc2)cc1. The van der Waals surface area contributed by atoms with E-state index >= 15 is 0 Å². The minimum absolute atomic E-state index is 0.304. The molecular weight excluding hydrogens is 444 g/mol. The van der Waals surface area contributed by atoms with Crippen molar-refractivity contribution < 1.29 is 19.1 Å². The van der Waals surface area contributed by atoms with Gasteiger partial charge in [-0.2, -0.15) is 5.10 Å². The highest BCUT2D eigenvalue weighted by molar-refractivity contribution is 6.04. The Balaban J connectivity index is 1.54. The van der Waals surface area contributed by atoms with Crippen LogP contribution in [0.3, 0.4) is 0 Å². The number of pyridine rings is 2. The van der Waals surface area contributed by atoms with Gasteiger partial charge in [-0.05, 0) is 48.0 Å². The first kappa shape index (κ1) is 22.0. The quantitative estimate of drug-likeness (QED) is 0.269. The molecule has 5 rings (SSSR count). The van der Waals surface area contributed by atoms with E-state index in [0.717, 1.165) is 11.1 Å². The Morgan fingerprint density at radius 2 is 1.66 bits per heavy atom. The first-order valence-electron chi connectivity index (χ1n) is 10.8. The van der Waals surface area contributed by atoms with E-state index in [1.54, 1.807) is 53.6 Å². The number of nitrogens with zero attached hydrogens (tertiary/aromatic N) is 4. The molecule has 5 aromatic rings. The van der Waals surface area contributed by atoms with Gasteiger partial charge in [0.05, 0.1) is 42.1 Å². The van der Waals surface area contributed by atoms with Crippen LogP contribution < -0.4 is 4.74 Å². The van der Waals surface area contributed by atoms with Crippen LogP contribution in [0.4, 0.5) is 0 Å². The Morgan fingerprint density at radius 3 is 2.37 bits per heavy atom. The van der Waals surface area contributed by atoms with E-state index in [0.29, 0.717) is 40.1 Å². The van der Waals surface area contributed by atoms with Gasteiger partial charge in [-0.15, -0.1) is 0 Å². The molecule has 0 unspecified atom stereocenters. The monoisotopic (exact) mass is 464 g/mol. The third-order valence-corrected chi connectivity index (χ3v) is 5.47. The number of rotatable bonds is 6. The van der Waals surface area contributed by atoms with E-state index in [1.165, 1.54) is 7.11 Å². The molecule has 0 N–H and O–H groups in total. The van der Waals surface area contributed by atoms with Crippen LogP contribution in [0.5, 0.6) is 5.75 Å². The lowest BCUT2D eigenvalue weighted by molar-refractivity contribution is 0.0600. The maximum absolute atomic E-state index is 13.3. The van der Waals surface area contributed by atoms with Crippen LogP contribution in [-0.4, -0.2) is 38.8 Å². The zero-order valence-corrected chi connectivity index (χ0v) is 18.8. The van der Waals surface area contributed by atoms with Crippen molar-refractivity contribution in [3.8, 4) is 17.0 Å². The third-order valence-electron chi connectivity index (χ3n) is 5.47. The summed E-state index contributed by atoms with van der Waals surface area (Å²) in [6.07, 6.45) is 5.06. The van der Waals surface area contributed by atoms with Crippen molar-refractivity contribution in [1.29, 1.82) is 0 Å². The largest absolute Gasteiger partial charge is 0.465 e. The number of fused-ring (bicyclic) bond motifs is 1. The number of carbonyl (C=O) groups is 2. The molecule has 0 radical (unpaired) electrons. The van der Waals surface area contributed by atoms with Gasteiger partial charge in [-0.3, -0.25) is 4.98 Å². The van der Waals surface area contributed by atoms with Crippen LogP contribution in [-0.2, 0) is 11.3 Å². The molecule has 8 nitrogen and oxygen atoms in total. The van der Waals surface area contributed by atoms with Gasteiger partial charge in [0.2, 0.25) is 0 Å². The summed E-state index contributed by atoms with van der Waals surface area (Å²) < 4.78 is 12.1. The molecule has 0 aliphatic heterocycles. The summed E-state index contributed by atoms with van der Waals surface area (Å²) in [5.74, 6) is -0.713. The van der Waals surface area contributed by atoms with E-state index in [4.69, 9.17) is 14.5 Å². The van der Waals surface area contributed by atoms with Crippen molar-refractivity contribution in [3.63, 3.8) is 0 Å². The number of carbonyl (C=O) groups excluding carboxylic acids is 2. The summed E-state index contributed by atoms with van der Waals surface area (Å²) in [5, 5.41) is 5.07. The van der Waals surface area contributed by atoms with Crippen molar-refractivity contribution in [1.82, 2.24) is 19.7 Å². The number of aromatic nitrogens is 4. The van der Waals surface area contributed by atoms with Gasteiger partial charge in [0.1, 0.15) is 5.75 Å². The lowest BCUT2D eigenvalue weighted by Crippen LogP contribution is -2.11. The van der Waals surface area contributed by atoms with Crippen molar-refractivity contribution in [2.24, 2.45) is 0 Å². The Morgan fingerprint density at radius 1 is 0.914 bits per heavy atom. The van der Waals surface area contributed by atoms with E-state index in [2.05, 4.69) is 10.1 Å². The van der Waals surface area contributed by atoms with Crippen molar-refractivity contribution in [2.75, 3.05) is 7.11 Å². The minimum Gasteiger partial charge on any atom is -0.465 e. The maximum atomic E-state index is 13.3. The number of benzene rings is 2. The van der Waals surface area contributed by atoms with E-state index in [-0.39, 0.29) is 0 Å². The van der Waals surface area contributed by atoms with Crippen LogP contribution in [0, 0.1) is 0 Å². The Labute approximate surface area is 200 Å². The lowest BCUT2D eigenvalue weighted by atomic mass is 10.1. The predicted molar refractivity (Wildman–Crippen MR) is 129 cm³/mol. The molecule has 3 heterocycles. The van der Waals surface area contributed by atoms with Gasteiger partial charge >= 0.3 is 11.9 Å². The highest BCUT2D eigenvalue weighted by Crippen LogP contribution is 2.26. The van der Waals surface area contributed by atoms with Crippen LogP contribution >= 0.6 is 0 Å². The topological polar surface area (TPSA) is 96.2 Å². The summed E-state index contributed by atoms with van der Waals surface area (Å²) in [6.45, 7) is 0.473. The predicted octanol–water partition coefficient (Wildman–Crippen LogP) is 4.55. The molecule has 0 amide bonds. The molecule has 3 aromatic heterocycles. The Kier molecular flexibility index (Phi) is 6.00. The smallest absolute Gasteiger partial charge is 0.344 e. The fourth-order valence-electron chi connectivity index (χ4n) is 3.69. The van der Waals surface area contributed by atoms with Crippen LogP contribution in [0.25, 0.3) is 22.3 Å². The van der Waals surface area contributed by atoms with Gasteiger partial charge in [0.25, 0.3) is 0 Å². The zero-order valence-electron chi connectivity index (χ0n) is 18.8. The van der Waals surface area contributed by atoms with Crippen LogP contribution in [0.15, 0.2) is 91.4 Å².